The summed E-state index contributed by atoms with van der Waals surface area (Å²) in [4.78, 5) is 137. The summed E-state index contributed by atoms with van der Waals surface area (Å²) in [5, 5.41) is 66.7. The molecule has 28 nitrogen and oxygen atoms in total. The lowest BCUT2D eigenvalue weighted by Gasteiger charge is -2.40. The average molecular weight is 1630 g/mol. The highest BCUT2D eigenvalue weighted by molar-refractivity contribution is 8.02. The molecule has 42 unspecified atom stereocenters. The van der Waals surface area contributed by atoms with Gasteiger partial charge in [0, 0.05) is 65.7 Å². The van der Waals surface area contributed by atoms with Crippen LogP contribution >= 0.6 is 47.0 Å². The van der Waals surface area contributed by atoms with Crippen LogP contribution in [0.2, 0.25) is 0 Å². The molecule has 22 rings (SSSR count). The van der Waals surface area contributed by atoms with E-state index in [-0.39, 0.29) is 87.0 Å². The predicted octanol–water partition coefficient (Wildman–Crippen LogP) is 6.20. The van der Waals surface area contributed by atoms with Gasteiger partial charge in [0.2, 0.25) is 0 Å². The number of rotatable bonds is 12. The van der Waals surface area contributed by atoms with Crippen LogP contribution in [0.15, 0.2) is 85.1 Å². The van der Waals surface area contributed by atoms with E-state index < -0.39 is 154 Å². The fourth-order valence-electron chi connectivity index (χ4n) is 25.1. The second kappa shape index (κ2) is 29.7. The first kappa shape index (κ1) is 78.9. The lowest BCUT2D eigenvalue weighted by Crippen LogP contribution is -2.49. The topological polar surface area (TPSA) is 430 Å². The number of thioether (sulfide) groups is 4. The number of carboxylic acids is 7. The van der Waals surface area contributed by atoms with Gasteiger partial charge in [0.15, 0.2) is 0 Å². The van der Waals surface area contributed by atoms with Gasteiger partial charge in [0.05, 0.1) is 143 Å². The van der Waals surface area contributed by atoms with Crippen molar-refractivity contribution in [1.82, 2.24) is 0 Å². The first-order valence-electron chi connectivity index (χ1n) is 38.5. The summed E-state index contributed by atoms with van der Waals surface area (Å²) in [6, 6.07) is 0. The number of methoxy groups -OCH3 is 5. The van der Waals surface area contributed by atoms with Crippen molar-refractivity contribution in [2.75, 3.05) is 35.5 Å². The maximum Gasteiger partial charge on any atom is 0.312 e. The third-order valence-electron chi connectivity index (χ3n) is 29.5. The Morgan fingerprint density at radius 1 is 0.304 bits per heavy atom. The van der Waals surface area contributed by atoms with Gasteiger partial charge < -0.3 is 78.4 Å². The van der Waals surface area contributed by atoms with Crippen LogP contribution in [0.4, 0.5) is 0 Å². The third kappa shape index (κ3) is 12.2. The van der Waals surface area contributed by atoms with E-state index >= 15 is 0 Å². The summed E-state index contributed by atoms with van der Waals surface area (Å²) in [6.45, 7) is 3.92. The molecule has 15 fully saturated rings. The van der Waals surface area contributed by atoms with Gasteiger partial charge in [0.25, 0.3) is 0 Å². The molecule has 0 aromatic carbocycles. The van der Waals surface area contributed by atoms with Gasteiger partial charge >= 0.3 is 71.6 Å². The Kier molecular flexibility index (Phi) is 20.9. The Labute approximate surface area is 661 Å². The summed E-state index contributed by atoms with van der Waals surface area (Å²) in [5.41, 5.74) is -0.918. The molecule has 6 aliphatic carbocycles. The Morgan fingerprint density at radius 3 is 1.16 bits per heavy atom. The molecule has 0 radical (unpaired) electrons. The van der Waals surface area contributed by atoms with Gasteiger partial charge in [-0.15, -0.1) is 35.3 Å². The normalized spacial score (nSPS) is 49.6. The van der Waals surface area contributed by atoms with Gasteiger partial charge in [-0.2, -0.15) is 11.8 Å². The van der Waals surface area contributed by atoms with Gasteiger partial charge in [0.1, 0.15) is 11.8 Å². The zero-order valence-corrected chi connectivity index (χ0v) is 65.3. The Hall–Kier alpha value is -6.94. The molecule has 7 N–H and O–H groups in total. The highest BCUT2D eigenvalue weighted by Crippen LogP contribution is 2.72. The Balaban J connectivity index is 0.0000000992. The van der Waals surface area contributed by atoms with Crippen LogP contribution in [0.3, 0.4) is 0 Å². The van der Waals surface area contributed by atoms with E-state index in [1.165, 1.54) is 53.7 Å². The number of carboxylic acid groups (broad SMARTS) is 7. The van der Waals surface area contributed by atoms with Crippen LogP contribution in [0.5, 0.6) is 0 Å². The number of allylic oxidation sites excluding steroid dienone is 2. The molecule has 0 aromatic rings. The van der Waals surface area contributed by atoms with E-state index in [0.717, 1.165) is 31.6 Å². The molecule has 42 atom stereocenters. The van der Waals surface area contributed by atoms with Crippen molar-refractivity contribution in [3.8, 4) is 0 Å². The maximum absolute atomic E-state index is 12.0. The van der Waals surface area contributed by atoms with Gasteiger partial charge in [-0.05, 0) is 105 Å². The number of aliphatic carboxylic acids is 7. The second-order valence-electron chi connectivity index (χ2n) is 34.0. The molecular weight excluding hydrogens is 1540 g/mol. The number of carbonyl (C=O) groups excluding carboxylic acids is 5. The third-order valence-corrected chi connectivity index (χ3v) is 36.1. The zero-order chi connectivity index (χ0) is 79.6. The minimum Gasteiger partial charge on any atom is -0.481 e. The standard InChI is InChI=1S/2C13H14O5S.C13H16O3.C13H16O2S.C10H12O4.C9H10O5.C9H10O4S/c1-17-13(16)9-8(12(14)15)10-6-4-2-3-5(19-4)7(6)11(9)18-10;1-17-13(16)9-8(12(14)15)10-6-4-2-3-5(18-4)7(6)11(9)19-10;2*1-13(12(14)15)5-6-4-7(13)11-9-3-2-8(16-9)10(6)11;1-14-10(13)8-6-3-2-5(4-6)7(8)9(11)12;2*1-13-9(12)7-5-3-2-4(14-5)6(7)8(10)11/h2*2-11H,1H3,(H,14,15);2*2-3,6-11H,4-5H2,1H3,(H,14,15);2-3,5-8H,4H2,1H3,(H,11,12);2*2-7H,1H3,(H,10,11). The smallest absolute Gasteiger partial charge is 0.312 e. The number of ether oxygens (including phenoxy) is 9. The minimum atomic E-state index is -1.02. The molecule has 0 spiro atoms. The van der Waals surface area contributed by atoms with E-state index in [4.69, 9.17) is 43.7 Å². The summed E-state index contributed by atoms with van der Waals surface area (Å²) in [7, 11) is 6.47. The van der Waals surface area contributed by atoms with E-state index in [1.807, 2.05) is 56.0 Å². The fourth-order valence-corrected chi connectivity index (χ4v) is 32.7. The molecule has 112 heavy (non-hydrogen) atoms. The second-order valence-corrected chi connectivity index (χ2v) is 39.5. The number of esters is 5. The number of hydrogen-bond acceptors (Lipinski definition) is 25. The molecule has 604 valence electrons. The molecule has 22 bridgehead atoms. The van der Waals surface area contributed by atoms with Crippen molar-refractivity contribution < 1.29 is 136 Å². The molecule has 22 aliphatic rings. The van der Waals surface area contributed by atoms with Crippen molar-refractivity contribution in [3.05, 3.63) is 85.1 Å². The molecule has 16 aliphatic heterocycles. The first-order valence-corrected chi connectivity index (χ1v) is 42.2. The largest absolute Gasteiger partial charge is 0.481 e. The van der Waals surface area contributed by atoms with Crippen LogP contribution in [-0.2, 0) is 100 Å². The number of fused-ring (bicyclic) bond motifs is 42. The zero-order valence-electron chi connectivity index (χ0n) is 62.0. The quantitative estimate of drug-likeness (QED) is 0.0649. The summed E-state index contributed by atoms with van der Waals surface area (Å²) in [6.07, 6.45) is 32.3. The SMILES string of the molecule is CC1(C(=O)O)CC2CC1C1C3C=CC(O3)C21.CC1(C(=O)O)CC2CC1C1C3C=CC(S3)C21.COC(=O)C1C2C=CC(C2)C1C(=O)O.COC(=O)C1C2C=CC(O2)C1C(=O)O.COC(=O)C1C2C=CC(S2)C1C(=O)O.COC(=O)C1C2OC(C1C(=O)O)C1C3C=CC(S3)C21.COC(=O)C1C2SC(C1C(=O)O)C1C3C=CC(O3)C21. The monoisotopic (exact) mass is 1630 g/mol. The average Bonchev–Trinajstić information content (AvgIpc) is 1.55. The fraction of sp³-hybridized carbons (Fsp3) is 0.675. The van der Waals surface area contributed by atoms with Crippen molar-refractivity contribution in [2.24, 2.45) is 153 Å². The van der Waals surface area contributed by atoms with E-state index in [2.05, 4.69) is 68.5 Å². The van der Waals surface area contributed by atoms with Crippen LogP contribution in [-0.4, -0.2) is 234 Å². The maximum atomic E-state index is 12.0. The summed E-state index contributed by atoms with van der Waals surface area (Å²) >= 11 is 7.13. The molecule has 5 saturated carbocycles. The predicted molar refractivity (Wildman–Crippen MR) is 396 cm³/mol. The van der Waals surface area contributed by atoms with Crippen LogP contribution in [0.25, 0.3) is 0 Å². The molecule has 10 saturated heterocycles. The van der Waals surface area contributed by atoms with Crippen LogP contribution in [0, 0.1) is 153 Å². The molecular formula is C80H92O28S4. The Bertz CT molecular complexity index is 3840. The first-order chi connectivity index (χ1) is 53.4. The summed E-state index contributed by atoms with van der Waals surface area (Å²) < 4.78 is 46.3. The summed E-state index contributed by atoms with van der Waals surface area (Å²) in [5.74, 6) is -8.58. The van der Waals surface area contributed by atoms with Crippen molar-refractivity contribution in [2.45, 2.75) is 137 Å². The van der Waals surface area contributed by atoms with Gasteiger partial charge in [-0.3, -0.25) is 57.5 Å². The molecule has 0 amide bonds. The van der Waals surface area contributed by atoms with E-state index in [1.54, 1.807) is 23.9 Å². The molecule has 16 heterocycles. The van der Waals surface area contributed by atoms with E-state index in [9.17, 15) is 78.0 Å². The van der Waals surface area contributed by atoms with Crippen molar-refractivity contribution in [1.29, 1.82) is 0 Å². The van der Waals surface area contributed by atoms with Gasteiger partial charge in [-0.1, -0.05) is 85.1 Å². The number of carbonyl (C=O) groups is 12. The lowest BCUT2D eigenvalue weighted by molar-refractivity contribution is -0.157. The van der Waals surface area contributed by atoms with Crippen molar-refractivity contribution in [3.63, 3.8) is 0 Å². The van der Waals surface area contributed by atoms with Crippen LogP contribution in [0.1, 0.15) is 46.0 Å². The van der Waals surface area contributed by atoms with Crippen molar-refractivity contribution >= 4 is 119 Å². The lowest BCUT2D eigenvalue weighted by atomic mass is 9.63. The van der Waals surface area contributed by atoms with Gasteiger partial charge in [-0.25, -0.2) is 0 Å². The minimum absolute atomic E-state index is 0.0154. The highest BCUT2D eigenvalue weighted by Gasteiger charge is 2.74. The Morgan fingerprint density at radius 2 is 0.661 bits per heavy atom. The van der Waals surface area contributed by atoms with E-state index in [0.29, 0.717) is 68.5 Å². The molecule has 32 heteroatoms. The van der Waals surface area contributed by atoms with Crippen LogP contribution < -0.4 is 0 Å². The highest BCUT2D eigenvalue weighted by atomic mass is 32.2. The number of hydrogen-bond donors (Lipinski definition) is 7. The molecule has 0 aromatic heterocycles.